The van der Waals surface area contributed by atoms with Gasteiger partial charge in [-0.1, -0.05) is 38.2 Å². The van der Waals surface area contributed by atoms with E-state index < -0.39 is 0 Å². The normalized spacial score (nSPS) is 15.6. The summed E-state index contributed by atoms with van der Waals surface area (Å²) in [7, 11) is 0. The van der Waals surface area contributed by atoms with E-state index in [-0.39, 0.29) is 5.41 Å². The van der Waals surface area contributed by atoms with Gasteiger partial charge in [-0.05, 0) is 11.6 Å². The first kappa shape index (κ1) is 17.2. The molecule has 0 bridgehead atoms. The Labute approximate surface area is 157 Å². The summed E-state index contributed by atoms with van der Waals surface area (Å²) in [6.07, 6.45) is 3.93. The number of imidazole rings is 1. The third-order valence-electron chi connectivity index (χ3n) is 4.40. The monoisotopic (exact) mass is 372 g/mol. The number of rotatable bonds is 4. The first-order chi connectivity index (χ1) is 12.5. The molecule has 0 aromatic carbocycles. The lowest BCUT2D eigenvalue weighted by Gasteiger charge is -2.27. The molecular weight excluding hydrogens is 348 g/mol. The highest BCUT2D eigenvalue weighted by Gasteiger charge is 2.19. The first-order valence-corrected chi connectivity index (χ1v) is 9.69. The maximum atomic E-state index is 5.38. The van der Waals surface area contributed by atoms with Gasteiger partial charge in [0.05, 0.1) is 25.1 Å². The Balaban J connectivity index is 1.39. The fraction of sp³-hybridized carbons (Fsp3) is 0.500. The zero-order valence-corrected chi connectivity index (χ0v) is 16.2. The van der Waals surface area contributed by atoms with Crippen molar-refractivity contribution in [1.29, 1.82) is 0 Å². The largest absolute Gasteiger partial charge is 0.378 e. The summed E-state index contributed by atoms with van der Waals surface area (Å²) < 4.78 is 7.24. The van der Waals surface area contributed by atoms with Gasteiger partial charge in [0.1, 0.15) is 5.82 Å². The van der Waals surface area contributed by atoms with Crippen LogP contribution in [0, 0.1) is 0 Å². The van der Waals surface area contributed by atoms with Gasteiger partial charge in [-0.3, -0.25) is 0 Å². The number of anilines is 2. The average Bonchev–Trinajstić information content (AvgIpc) is 3.20. The van der Waals surface area contributed by atoms with Crippen molar-refractivity contribution in [3.63, 3.8) is 0 Å². The summed E-state index contributed by atoms with van der Waals surface area (Å²) in [5.74, 6) is 1.01. The molecule has 8 heteroatoms. The molecule has 26 heavy (non-hydrogen) atoms. The van der Waals surface area contributed by atoms with Gasteiger partial charge in [-0.15, -0.1) is 5.10 Å². The van der Waals surface area contributed by atoms with Gasteiger partial charge >= 0.3 is 0 Å². The third-order valence-corrected chi connectivity index (χ3v) is 5.28. The van der Waals surface area contributed by atoms with E-state index in [0.717, 1.165) is 53.5 Å². The van der Waals surface area contributed by atoms with Gasteiger partial charge in [0.25, 0.3) is 0 Å². The lowest BCUT2D eigenvalue weighted by atomic mass is 9.93. The van der Waals surface area contributed by atoms with Crippen LogP contribution in [-0.4, -0.2) is 45.9 Å². The lowest BCUT2D eigenvalue weighted by Crippen LogP contribution is -2.36. The molecule has 1 aliphatic heterocycles. The lowest BCUT2D eigenvalue weighted by molar-refractivity contribution is 0.122. The summed E-state index contributed by atoms with van der Waals surface area (Å²) in [6.45, 7) is 10.5. The molecule has 1 N–H and O–H groups in total. The summed E-state index contributed by atoms with van der Waals surface area (Å²) >= 11 is 1.57. The molecule has 3 aromatic rings. The van der Waals surface area contributed by atoms with Crippen LogP contribution in [-0.2, 0) is 16.7 Å². The molecule has 0 amide bonds. The van der Waals surface area contributed by atoms with Crippen LogP contribution in [0.2, 0.25) is 0 Å². The van der Waals surface area contributed by atoms with Crippen LogP contribution in [0.15, 0.2) is 24.5 Å². The zero-order chi connectivity index (χ0) is 18.1. The molecule has 0 unspecified atom stereocenters. The minimum absolute atomic E-state index is 0.0366. The predicted molar refractivity (Wildman–Crippen MR) is 104 cm³/mol. The average molecular weight is 372 g/mol. The van der Waals surface area contributed by atoms with Gasteiger partial charge < -0.3 is 15.0 Å². The van der Waals surface area contributed by atoms with Crippen molar-refractivity contribution in [2.24, 2.45) is 0 Å². The Morgan fingerprint density at radius 3 is 2.69 bits per heavy atom. The van der Waals surface area contributed by atoms with Crippen molar-refractivity contribution in [3.8, 4) is 0 Å². The molecule has 4 rings (SSSR count). The molecule has 1 saturated heterocycles. The standard InChI is InChI=1S/C18H24N6OS/c1-18(2,3)14-12-24-17(21-14)26-16(22-24)20-11-13-4-5-15(19-10-13)23-6-8-25-9-7-23/h4-5,10,12H,6-9,11H2,1-3H3,(H,20,22). The summed E-state index contributed by atoms with van der Waals surface area (Å²) in [4.78, 5) is 12.4. The van der Waals surface area contributed by atoms with Gasteiger partial charge in [0.2, 0.25) is 10.1 Å². The maximum Gasteiger partial charge on any atom is 0.214 e. The smallest absolute Gasteiger partial charge is 0.214 e. The van der Waals surface area contributed by atoms with E-state index in [9.17, 15) is 0 Å². The van der Waals surface area contributed by atoms with Crippen molar-refractivity contribution >= 4 is 27.2 Å². The van der Waals surface area contributed by atoms with E-state index in [1.165, 1.54) is 0 Å². The molecule has 0 radical (unpaired) electrons. The highest BCUT2D eigenvalue weighted by Crippen LogP contribution is 2.26. The molecule has 0 spiro atoms. The minimum Gasteiger partial charge on any atom is -0.378 e. The number of hydrogen-bond acceptors (Lipinski definition) is 7. The second-order valence-corrected chi connectivity index (χ2v) is 8.44. The van der Waals surface area contributed by atoms with Crippen LogP contribution in [0.4, 0.5) is 10.9 Å². The summed E-state index contributed by atoms with van der Waals surface area (Å²) in [5.41, 5.74) is 2.23. The number of morpholine rings is 1. The molecule has 3 aromatic heterocycles. The number of pyridine rings is 1. The van der Waals surface area contributed by atoms with E-state index in [1.807, 2.05) is 16.9 Å². The van der Waals surface area contributed by atoms with Crippen molar-refractivity contribution in [3.05, 3.63) is 35.8 Å². The Hall–Kier alpha value is -2.19. The highest BCUT2D eigenvalue weighted by atomic mass is 32.1. The third kappa shape index (κ3) is 3.66. The minimum atomic E-state index is 0.0366. The van der Waals surface area contributed by atoms with Crippen LogP contribution in [0.1, 0.15) is 32.0 Å². The molecule has 0 saturated carbocycles. The molecule has 0 atom stereocenters. The van der Waals surface area contributed by atoms with E-state index in [4.69, 9.17) is 4.74 Å². The van der Waals surface area contributed by atoms with Crippen molar-refractivity contribution < 1.29 is 4.74 Å². The molecule has 7 nitrogen and oxygen atoms in total. The van der Waals surface area contributed by atoms with Crippen LogP contribution in [0.25, 0.3) is 4.96 Å². The van der Waals surface area contributed by atoms with Crippen LogP contribution < -0.4 is 10.2 Å². The highest BCUT2D eigenvalue weighted by molar-refractivity contribution is 7.20. The molecular formula is C18H24N6OS. The number of fused-ring (bicyclic) bond motifs is 1. The van der Waals surface area contributed by atoms with Gasteiger partial charge in [-0.25, -0.2) is 14.5 Å². The number of nitrogens with zero attached hydrogens (tertiary/aromatic N) is 5. The molecule has 4 heterocycles. The van der Waals surface area contributed by atoms with Crippen molar-refractivity contribution in [2.45, 2.75) is 32.7 Å². The van der Waals surface area contributed by atoms with Crippen LogP contribution in [0.5, 0.6) is 0 Å². The Kier molecular flexibility index (Phi) is 4.54. The Bertz CT molecular complexity index is 842. The number of nitrogens with one attached hydrogen (secondary N) is 1. The second kappa shape index (κ2) is 6.85. The maximum absolute atomic E-state index is 5.38. The van der Waals surface area contributed by atoms with Crippen LogP contribution in [0.3, 0.4) is 0 Å². The van der Waals surface area contributed by atoms with Gasteiger partial charge in [-0.2, -0.15) is 0 Å². The molecule has 138 valence electrons. The van der Waals surface area contributed by atoms with E-state index in [0.29, 0.717) is 6.54 Å². The second-order valence-electron chi connectivity index (χ2n) is 7.49. The van der Waals surface area contributed by atoms with E-state index in [2.05, 4.69) is 58.2 Å². The zero-order valence-electron chi connectivity index (χ0n) is 15.4. The molecule has 1 aliphatic rings. The number of hydrogen-bond donors (Lipinski definition) is 1. The SMILES string of the molecule is CC(C)(C)c1cn2nc(NCc3ccc(N4CCOCC4)nc3)sc2n1. The van der Waals surface area contributed by atoms with Gasteiger partial charge in [0.15, 0.2) is 0 Å². The topological polar surface area (TPSA) is 67.6 Å². The predicted octanol–water partition coefficient (Wildman–Crippen LogP) is 2.93. The fourth-order valence-corrected chi connectivity index (χ4v) is 3.59. The number of ether oxygens (including phenoxy) is 1. The Morgan fingerprint density at radius 1 is 1.23 bits per heavy atom. The summed E-state index contributed by atoms with van der Waals surface area (Å²) in [6, 6.07) is 4.19. The Morgan fingerprint density at radius 2 is 2.04 bits per heavy atom. The van der Waals surface area contributed by atoms with Crippen molar-refractivity contribution in [2.75, 3.05) is 36.5 Å². The van der Waals surface area contributed by atoms with E-state index >= 15 is 0 Å². The van der Waals surface area contributed by atoms with E-state index in [1.54, 1.807) is 11.3 Å². The first-order valence-electron chi connectivity index (χ1n) is 8.87. The quantitative estimate of drug-likeness (QED) is 0.759. The van der Waals surface area contributed by atoms with Crippen LogP contribution >= 0.6 is 11.3 Å². The fourth-order valence-electron chi connectivity index (χ4n) is 2.81. The summed E-state index contributed by atoms with van der Waals surface area (Å²) in [5, 5.41) is 8.80. The van der Waals surface area contributed by atoms with Crippen molar-refractivity contribution in [1.82, 2.24) is 19.6 Å². The van der Waals surface area contributed by atoms with Gasteiger partial charge in [0, 0.05) is 31.2 Å². The molecule has 0 aliphatic carbocycles. The molecule has 1 fully saturated rings. The number of aromatic nitrogens is 4.